The highest BCUT2D eigenvalue weighted by Gasteiger charge is 2.30. The third kappa shape index (κ3) is 4.64. The molecule has 5 rings (SSSR count). The number of methoxy groups -OCH3 is 1. The molecule has 1 amide bonds. The predicted molar refractivity (Wildman–Crippen MR) is 132 cm³/mol. The average molecular weight is 461 g/mol. The summed E-state index contributed by atoms with van der Waals surface area (Å²) in [5.74, 6) is 1.16. The van der Waals surface area contributed by atoms with Crippen LogP contribution in [-0.4, -0.2) is 46.0 Å². The third-order valence-corrected chi connectivity index (χ3v) is 7.20. The number of fused-ring (bicyclic) bond motifs is 1. The first kappa shape index (κ1) is 21.6. The minimum atomic E-state index is 0.00749. The maximum atomic E-state index is 13.7. The van der Waals surface area contributed by atoms with Crippen molar-refractivity contribution in [1.29, 1.82) is 0 Å². The molecule has 1 saturated carbocycles. The number of rotatable bonds is 8. The number of nitrogens with zero attached hydrogens (tertiary/aromatic N) is 3. The Morgan fingerprint density at radius 3 is 2.82 bits per heavy atom. The van der Waals surface area contributed by atoms with Gasteiger partial charge in [-0.15, -0.1) is 11.3 Å². The molecule has 0 atom stereocenters. The Hall–Kier alpha value is -3.19. The van der Waals surface area contributed by atoms with Gasteiger partial charge in [0.15, 0.2) is 0 Å². The molecule has 4 aromatic rings. The zero-order valence-electron chi connectivity index (χ0n) is 19.2. The summed E-state index contributed by atoms with van der Waals surface area (Å²) >= 11 is 1.54. The highest BCUT2D eigenvalue weighted by molar-refractivity contribution is 7.15. The highest BCUT2D eigenvalue weighted by Crippen LogP contribution is 2.34. The number of ether oxygens (including phenoxy) is 1. The number of nitrogens with one attached hydrogen (secondary N) is 1. The molecule has 0 spiro atoms. The van der Waals surface area contributed by atoms with Gasteiger partial charge in [0.1, 0.15) is 5.69 Å². The van der Waals surface area contributed by atoms with Crippen LogP contribution in [0.25, 0.3) is 21.3 Å². The first-order chi connectivity index (χ1) is 16.0. The van der Waals surface area contributed by atoms with Gasteiger partial charge in [-0.2, -0.15) is 0 Å². The molecule has 0 bridgehead atoms. The van der Waals surface area contributed by atoms with Crippen LogP contribution in [0.4, 0.5) is 0 Å². The number of H-pyrrole nitrogens is 1. The topological polar surface area (TPSA) is 71.1 Å². The number of thiazole rings is 1. The van der Waals surface area contributed by atoms with Gasteiger partial charge in [0.25, 0.3) is 5.91 Å². The fourth-order valence-electron chi connectivity index (χ4n) is 4.20. The van der Waals surface area contributed by atoms with Crippen LogP contribution in [0, 0.1) is 19.8 Å². The van der Waals surface area contributed by atoms with Crippen molar-refractivity contribution in [3.63, 3.8) is 0 Å². The lowest BCUT2D eigenvalue weighted by atomic mass is 10.1. The maximum absolute atomic E-state index is 13.7. The van der Waals surface area contributed by atoms with E-state index < -0.39 is 0 Å². The van der Waals surface area contributed by atoms with Crippen molar-refractivity contribution in [1.82, 2.24) is 19.9 Å². The van der Waals surface area contributed by atoms with E-state index in [0.717, 1.165) is 33.9 Å². The number of aryl methyl sites for hydroxylation is 2. The van der Waals surface area contributed by atoms with Crippen molar-refractivity contribution in [3.05, 3.63) is 64.6 Å². The molecule has 1 aliphatic rings. The van der Waals surface area contributed by atoms with Crippen molar-refractivity contribution in [2.24, 2.45) is 5.92 Å². The summed E-state index contributed by atoms with van der Waals surface area (Å²) in [4.78, 5) is 28.9. The third-order valence-electron chi connectivity index (χ3n) is 6.18. The monoisotopic (exact) mass is 460 g/mol. The van der Waals surface area contributed by atoms with Gasteiger partial charge in [0.05, 0.1) is 17.0 Å². The van der Waals surface area contributed by atoms with Gasteiger partial charge in [-0.25, -0.2) is 9.97 Å². The number of carbonyl (C=O) groups is 1. The number of aromatic amines is 1. The van der Waals surface area contributed by atoms with Gasteiger partial charge in [0, 0.05) is 48.0 Å². The summed E-state index contributed by atoms with van der Waals surface area (Å²) in [6.45, 7) is 5.52. The molecule has 170 valence electrons. The lowest BCUT2D eigenvalue weighted by molar-refractivity contribution is 0.0745. The molecule has 33 heavy (non-hydrogen) atoms. The van der Waals surface area contributed by atoms with Gasteiger partial charge in [0.2, 0.25) is 5.88 Å². The average Bonchev–Trinajstić information content (AvgIpc) is 3.43. The van der Waals surface area contributed by atoms with E-state index in [0.29, 0.717) is 24.0 Å². The highest BCUT2D eigenvalue weighted by atomic mass is 32.1. The fourth-order valence-corrected chi connectivity index (χ4v) is 5.10. The van der Waals surface area contributed by atoms with Gasteiger partial charge >= 0.3 is 0 Å². The van der Waals surface area contributed by atoms with E-state index in [1.165, 1.54) is 40.7 Å². The molecule has 1 N–H and O–H groups in total. The Balaban J connectivity index is 1.41. The summed E-state index contributed by atoms with van der Waals surface area (Å²) in [7, 11) is 1.60. The normalized spacial score (nSPS) is 13.4. The minimum Gasteiger partial charge on any atom is -0.481 e. The number of amides is 1. The number of hydrogen-bond donors (Lipinski definition) is 1. The lowest BCUT2D eigenvalue weighted by Gasteiger charge is -2.22. The predicted octanol–water partition coefficient (Wildman–Crippen LogP) is 5.41. The van der Waals surface area contributed by atoms with E-state index >= 15 is 0 Å². The SMILES string of the molecule is COc1ccc(-c2sc(C)nc2C(=O)N(CCc2c[nH]c3ccc(C)cc23)CC2CC2)cn1. The van der Waals surface area contributed by atoms with Gasteiger partial charge < -0.3 is 14.6 Å². The molecule has 7 heteroatoms. The number of pyridine rings is 1. The van der Waals surface area contributed by atoms with Gasteiger partial charge in [-0.05, 0) is 62.8 Å². The van der Waals surface area contributed by atoms with E-state index in [2.05, 4.69) is 46.3 Å². The van der Waals surface area contributed by atoms with Crippen LogP contribution >= 0.6 is 11.3 Å². The molecule has 1 fully saturated rings. The van der Waals surface area contributed by atoms with E-state index in [-0.39, 0.29) is 5.91 Å². The molecular weight excluding hydrogens is 432 g/mol. The number of hydrogen-bond acceptors (Lipinski definition) is 5. The van der Waals surface area contributed by atoms with Gasteiger partial charge in [-0.1, -0.05) is 11.6 Å². The van der Waals surface area contributed by atoms with Crippen LogP contribution in [0.5, 0.6) is 5.88 Å². The molecule has 1 aliphatic carbocycles. The first-order valence-electron chi connectivity index (χ1n) is 11.4. The number of carbonyl (C=O) groups excluding carboxylic acids is 1. The van der Waals surface area contributed by atoms with Crippen molar-refractivity contribution < 1.29 is 9.53 Å². The van der Waals surface area contributed by atoms with E-state index in [1.54, 1.807) is 13.3 Å². The Bertz CT molecular complexity index is 1290. The lowest BCUT2D eigenvalue weighted by Crippen LogP contribution is -2.35. The minimum absolute atomic E-state index is 0.00749. The summed E-state index contributed by atoms with van der Waals surface area (Å²) in [5, 5.41) is 2.12. The van der Waals surface area contributed by atoms with Crippen LogP contribution in [0.2, 0.25) is 0 Å². The Morgan fingerprint density at radius 2 is 2.09 bits per heavy atom. The largest absolute Gasteiger partial charge is 0.481 e. The van der Waals surface area contributed by atoms with Crippen LogP contribution in [-0.2, 0) is 6.42 Å². The zero-order valence-corrected chi connectivity index (χ0v) is 20.0. The van der Waals surface area contributed by atoms with Gasteiger partial charge in [-0.3, -0.25) is 4.79 Å². The first-order valence-corrected chi connectivity index (χ1v) is 12.2. The van der Waals surface area contributed by atoms with Crippen molar-refractivity contribution in [3.8, 4) is 16.3 Å². The standard InChI is InChI=1S/C26H28N4O2S/c1-16-4-8-22-21(12-16)19(13-27-22)10-11-30(15-18-5-6-18)26(31)24-25(33-17(2)29-24)20-7-9-23(32-3)28-14-20/h4,7-9,12-14,18,27H,5-6,10-11,15H2,1-3H3. The van der Waals surface area contributed by atoms with Crippen LogP contribution in [0.15, 0.2) is 42.7 Å². The van der Waals surface area contributed by atoms with Crippen LogP contribution < -0.4 is 4.74 Å². The van der Waals surface area contributed by atoms with Crippen LogP contribution in [0.3, 0.4) is 0 Å². The Kier molecular flexibility index (Phi) is 5.89. The quantitative estimate of drug-likeness (QED) is 0.382. The molecular formula is C26H28N4O2S. The number of benzene rings is 1. The number of aromatic nitrogens is 3. The van der Waals surface area contributed by atoms with Crippen molar-refractivity contribution in [2.45, 2.75) is 33.1 Å². The second-order valence-electron chi connectivity index (χ2n) is 8.81. The summed E-state index contributed by atoms with van der Waals surface area (Å²) in [6, 6.07) is 10.2. The van der Waals surface area contributed by atoms with E-state index in [1.807, 2.05) is 24.0 Å². The van der Waals surface area contributed by atoms with Crippen molar-refractivity contribution in [2.75, 3.05) is 20.2 Å². The fraction of sp³-hybridized carbons (Fsp3) is 0.346. The molecule has 3 heterocycles. The molecule has 0 unspecified atom stereocenters. The second kappa shape index (κ2) is 8.98. The molecule has 1 aromatic carbocycles. The molecule has 0 saturated heterocycles. The molecule has 0 radical (unpaired) electrons. The smallest absolute Gasteiger partial charge is 0.274 e. The van der Waals surface area contributed by atoms with E-state index in [9.17, 15) is 4.79 Å². The molecule has 0 aliphatic heterocycles. The summed E-state index contributed by atoms with van der Waals surface area (Å²) in [6.07, 6.45) is 7.03. The Morgan fingerprint density at radius 1 is 1.24 bits per heavy atom. The maximum Gasteiger partial charge on any atom is 0.274 e. The summed E-state index contributed by atoms with van der Waals surface area (Å²) in [5.41, 5.74) is 5.05. The van der Waals surface area contributed by atoms with Crippen LogP contribution in [0.1, 0.15) is 39.5 Å². The molecule has 6 nitrogen and oxygen atoms in total. The van der Waals surface area contributed by atoms with E-state index in [4.69, 9.17) is 4.74 Å². The zero-order chi connectivity index (χ0) is 22.9. The molecule has 3 aromatic heterocycles. The summed E-state index contributed by atoms with van der Waals surface area (Å²) < 4.78 is 5.18. The van der Waals surface area contributed by atoms with Crippen molar-refractivity contribution >= 4 is 28.1 Å². The second-order valence-corrected chi connectivity index (χ2v) is 10.0. The Labute approximate surface area is 197 Å².